The van der Waals surface area contributed by atoms with E-state index in [0.717, 1.165) is 5.16 Å². The minimum atomic E-state index is -3.56. The van der Waals surface area contributed by atoms with Gasteiger partial charge in [-0.1, -0.05) is 43.8 Å². The Kier molecular flexibility index (Phi) is 6.36. The van der Waals surface area contributed by atoms with E-state index in [9.17, 15) is 8.42 Å². The number of allylic oxidation sites excluding steroid dienone is 1. The second kappa shape index (κ2) is 8.55. The van der Waals surface area contributed by atoms with Gasteiger partial charge < -0.3 is 4.74 Å². The molecule has 0 N–H and O–H groups in total. The standard InChI is InChI=1S/C18H24N4O3S2/c1-4-8-22-17(19-20-18(22)26-14(2)3)15-6-5-7-16(13-15)27(23,24)21-9-11-25-12-10-21/h4-7,13-14H,1,8-12H2,2-3H3. The van der Waals surface area contributed by atoms with Crippen LogP contribution in [0.25, 0.3) is 11.4 Å². The van der Waals surface area contributed by atoms with Crippen molar-refractivity contribution in [3.05, 3.63) is 36.9 Å². The normalized spacial score (nSPS) is 16.0. The first-order chi connectivity index (χ1) is 12.9. The molecule has 27 heavy (non-hydrogen) atoms. The van der Waals surface area contributed by atoms with Crippen LogP contribution in [-0.4, -0.2) is 59.0 Å². The van der Waals surface area contributed by atoms with E-state index in [0.29, 0.717) is 49.5 Å². The summed E-state index contributed by atoms with van der Waals surface area (Å²) in [6.45, 7) is 10.1. The summed E-state index contributed by atoms with van der Waals surface area (Å²) in [4.78, 5) is 0.258. The molecule has 1 aromatic carbocycles. The molecule has 3 rings (SSSR count). The van der Waals surface area contributed by atoms with Crippen LogP contribution in [0.1, 0.15) is 13.8 Å². The molecule has 1 aromatic heterocycles. The number of aromatic nitrogens is 3. The summed E-state index contributed by atoms with van der Waals surface area (Å²) in [7, 11) is -3.56. The maximum Gasteiger partial charge on any atom is 0.243 e. The maximum absolute atomic E-state index is 12.9. The Morgan fingerprint density at radius 2 is 2.04 bits per heavy atom. The Bertz CT molecular complexity index is 903. The average molecular weight is 409 g/mol. The highest BCUT2D eigenvalue weighted by atomic mass is 32.2. The Labute approximate surface area is 164 Å². The number of benzene rings is 1. The maximum atomic E-state index is 12.9. The average Bonchev–Trinajstić information content (AvgIpc) is 3.05. The van der Waals surface area contributed by atoms with E-state index in [2.05, 4.69) is 30.6 Å². The van der Waals surface area contributed by atoms with Gasteiger partial charge in [-0.3, -0.25) is 4.57 Å². The van der Waals surface area contributed by atoms with Crippen molar-refractivity contribution >= 4 is 21.8 Å². The first-order valence-corrected chi connectivity index (χ1v) is 11.1. The number of thioether (sulfide) groups is 1. The highest BCUT2D eigenvalue weighted by Gasteiger charge is 2.27. The Morgan fingerprint density at radius 3 is 2.70 bits per heavy atom. The van der Waals surface area contributed by atoms with Crippen LogP contribution < -0.4 is 0 Å². The third-order valence-electron chi connectivity index (χ3n) is 4.07. The number of sulfonamides is 1. The minimum absolute atomic E-state index is 0.258. The van der Waals surface area contributed by atoms with Gasteiger partial charge in [0.15, 0.2) is 11.0 Å². The molecule has 2 aromatic rings. The van der Waals surface area contributed by atoms with E-state index < -0.39 is 10.0 Å². The lowest BCUT2D eigenvalue weighted by Crippen LogP contribution is -2.40. The van der Waals surface area contributed by atoms with Gasteiger partial charge in [0, 0.05) is 30.4 Å². The van der Waals surface area contributed by atoms with Gasteiger partial charge in [0.2, 0.25) is 10.0 Å². The van der Waals surface area contributed by atoms with E-state index in [1.807, 2.05) is 10.6 Å². The second-order valence-electron chi connectivity index (χ2n) is 6.42. The van der Waals surface area contributed by atoms with Crippen LogP contribution in [0.4, 0.5) is 0 Å². The lowest BCUT2D eigenvalue weighted by molar-refractivity contribution is 0.0730. The van der Waals surface area contributed by atoms with Crippen LogP contribution in [0.3, 0.4) is 0 Å². The Hall–Kier alpha value is -1.68. The molecule has 9 heteroatoms. The molecular formula is C18H24N4O3S2. The highest BCUT2D eigenvalue weighted by Crippen LogP contribution is 2.28. The van der Waals surface area contributed by atoms with Crippen LogP contribution in [0.15, 0.2) is 47.0 Å². The van der Waals surface area contributed by atoms with Gasteiger partial charge >= 0.3 is 0 Å². The van der Waals surface area contributed by atoms with Gasteiger partial charge in [-0.05, 0) is 12.1 Å². The largest absolute Gasteiger partial charge is 0.379 e. The molecule has 0 spiro atoms. The zero-order valence-corrected chi connectivity index (χ0v) is 17.2. The first-order valence-electron chi connectivity index (χ1n) is 8.82. The summed E-state index contributed by atoms with van der Waals surface area (Å²) in [6, 6.07) is 6.88. The zero-order chi connectivity index (χ0) is 19.4. The van der Waals surface area contributed by atoms with Crippen molar-refractivity contribution in [1.82, 2.24) is 19.1 Å². The van der Waals surface area contributed by atoms with Crippen molar-refractivity contribution in [2.75, 3.05) is 26.3 Å². The molecule has 2 heterocycles. The molecule has 146 valence electrons. The van der Waals surface area contributed by atoms with Gasteiger partial charge in [0.25, 0.3) is 0 Å². The molecule has 0 radical (unpaired) electrons. The third kappa shape index (κ3) is 4.43. The van der Waals surface area contributed by atoms with E-state index in [1.54, 1.807) is 36.0 Å². The monoisotopic (exact) mass is 408 g/mol. The molecule has 0 atom stereocenters. The fourth-order valence-electron chi connectivity index (χ4n) is 2.83. The predicted octanol–water partition coefficient (Wildman–Crippen LogP) is 2.65. The summed E-state index contributed by atoms with van der Waals surface area (Å²) in [6.07, 6.45) is 1.78. The lowest BCUT2D eigenvalue weighted by Gasteiger charge is -2.26. The van der Waals surface area contributed by atoms with Gasteiger partial charge in [0.05, 0.1) is 18.1 Å². The smallest absolute Gasteiger partial charge is 0.243 e. The number of hydrogen-bond acceptors (Lipinski definition) is 6. The van der Waals surface area contributed by atoms with Crippen molar-refractivity contribution < 1.29 is 13.2 Å². The molecule has 0 amide bonds. The lowest BCUT2D eigenvalue weighted by atomic mass is 10.2. The third-order valence-corrected chi connectivity index (χ3v) is 6.95. The molecule has 0 bridgehead atoms. The van der Waals surface area contributed by atoms with Crippen molar-refractivity contribution in [1.29, 1.82) is 0 Å². The number of nitrogens with zero attached hydrogens (tertiary/aromatic N) is 4. The Morgan fingerprint density at radius 1 is 1.30 bits per heavy atom. The minimum Gasteiger partial charge on any atom is -0.379 e. The summed E-state index contributed by atoms with van der Waals surface area (Å²) in [5.41, 5.74) is 0.717. The van der Waals surface area contributed by atoms with Gasteiger partial charge in [-0.15, -0.1) is 16.8 Å². The van der Waals surface area contributed by atoms with Crippen molar-refractivity contribution in [3.8, 4) is 11.4 Å². The summed E-state index contributed by atoms with van der Waals surface area (Å²) in [5, 5.41) is 9.75. The molecule has 1 fully saturated rings. The molecule has 1 aliphatic rings. The number of hydrogen-bond donors (Lipinski definition) is 0. The zero-order valence-electron chi connectivity index (χ0n) is 15.5. The number of rotatable bonds is 7. The molecular weight excluding hydrogens is 384 g/mol. The molecule has 0 aliphatic carbocycles. The van der Waals surface area contributed by atoms with E-state index in [4.69, 9.17) is 4.74 Å². The summed E-state index contributed by atoms with van der Waals surface area (Å²) in [5.74, 6) is 0.636. The molecule has 0 unspecified atom stereocenters. The van der Waals surface area contributed by atoms with Gasteiger partial charge in [0.1, 0.15) is 0 Å². The van der Waals surface area contributed by atoms with E-state index in [-0.39, 0.29) is 4.90 Å². The molecule has 1 saturated heterocycles. The van der Waals surface area contributed by atoms with Crippen LogP contribution in [0, 0.1) is 0 Å². The summed E-state index contributed by atoms with van der Waals surface area (Å²) < 4.78 is 34.6. The molecule has 1 aliphatic heterocycles. The van der Waals surface area contributed by atoms with Crippen molar-refractivity contribution in [2.45, 2.75) is 35.7 Å². The van der Waals surface area contributed by atoms with Crippen LogP contribution >= 0.6 is 11.8 Å². The SMILES string of the molecule is C=CCn1c(SC(C)C)nnc1-c1cccc(S(=O)(=O)N2CCOCC2)c1. The Balaban J connectivity index is 1.98. The van der Waals surface area contributed by atoms with Crippen LogP contribution in [-0.2, 0) is 21.3 Å². The van der Waals surface area contributed by atoms with Crippen LogP contribution in [0.5, 0.6) is 0 Å². The highest BCUT2D eigenvalue weighted by molar-refractivity contribution is 7.99. The van der Waals surface area contributed by atoms with Gasteiger partial charge in [-0.2, -0.15) is 4.31 Å². The summed E-state index contributed by atoms with van der Waals surface area (Å²) >= 11 is 1.61. The number of morpholine rings is 1. The predicted molar refractivity (Wildman–Crippen MR) is 106 cm³/mol. The fraction of sp³-hybridized carbons (Fsp3) is 0.444. The fourth-order valence-corrected chi connectivity index (χ4v) is 5.08. The van der Waals surface area contributed by atoms with E-state index >= 15 is 0 Å². The number of ether oxygens (including phenoxy) is 1. The first kappa shape index (κ1) is 20.1. The van der Waals surface area contributed by atoms with E-state index in [1.165, 1.54) is 4.31 Å². The van der Waals surface area contributed by atoms with Crippen molar-refractivity contribution in [2.24, 2.45) is 0 Å². The molecule has 0 saturated carbocycles. The van der Waals surface area contributed by atoms with Gasteiger partial charge in [-0.25, -0.2) is 8.42 Å². The van der Waals surface area contributed by atoms with Crippen LogP contribution in [0.2, 0.25) is 0 Å². The second-order valence-corrected chi connectivity index (χ2v) is 9.90. The molecule has 7 nitrogen and oxygen atoms in total. The van der Waals surface area contributed by atoms with Crippen molar-refractivity contribution in [3.63, 3.8) is 0 Å². The quantitative estimate of drug-likeness (QED) is 0.518. The topological polar surface area (TPSA) is 77.3 Å².